The Bertz CT molecular complexity index is 3230. The molecule has 2 aromatic rings. The minimum atomic E-state index is -1.35. The van der Waals surface area contributed by atoms with Gasteiger partial charge in [0, 0.05) is 105 Å². The number of Topliss-reactive ketones (excluding diaryl/α,β-unsaturated/α-hetero) is 5. The molecule has 5 amide bonds. The van der Waals surface area contributed by atoms with Crippen LogP contribution in [0.4, 0.5) is 0 Å². The van der Waals surface area contributed by atoms with E-state index in [2.05, 4.69) is 26.6 Å². The predicted molar refractivity (Wildman–Crippen MR) is 442 cm³/mol. The van der Waals surface area contributed by atoms with Gasteiger partial charge in [-0.15, -0.1) is 0 Å². The van der Waals surface area contributed by atoms with Crippen LogP contribution in [0.1, 0.15) is 243 Å². The number of unbranched alkanes of at least 4 members (excludes halogenated alkanes) is 14. The van der Waals surface area contributed by atoms with Crippen LogP contribution in [0.5, 0.6) is 11.5 Å². The zero-order valence-electron chi connectivity index (χ0n) is 70.2. The fourth-order valence-corrected chi connectivity index (χ4v) is 12.0. The second-order valence-corrected chi connectivity index (χ2v) is 29.3. The Hall–Kier alpha value is -8.70. The van der Waals surface area contributed by atoms with Crippen LogP contribution in [0.15, 0.2) is 48.5 Å². The number of carboxylic acids is 4. The summed E-state index contributed by atoms with van der Waals surface area (Å²) in [6.07, 6.45) is 19.1. The van der Waals surface area contributed by atoms with Crippen LogP contribution in [0.3, 0.4) is 0 Å². The van der Waals surface area contributed by atoms with E-state index in [1.807, 2.05) is 0 Å². The van der Waals surface area contributed by atoms with Crippen molar-refractivity contribution in [3.8, 4) is 11.5 Å². The molecule has 33 nitrogen and oxygen atoms in total. The van der Waals surface area contributed by atoms with Crippen molar-refractivity contribution in [2.45, 2.75) is 225 Å². The maximum absolute atomic E-state index is 13.1. The third-order valence-electron chi connectivity index (χ3n) is 19.1. The molecule has 0 aromatic heterocycles. The summed E-state index contributed by atoms with van der Waals surface area (Å²) < 4.78 is 54.6. The first-order chi connectivity index (χ1) is 57.4. The molecule has 9 N–H and O–H groups in total. The van der Waals surface area contributed by atoms with Crippen molar-refractivity contribution in [3.63, 3.8) is 0 Å². The largest absolute Gasteiger partial charge is 0.494 e. The minimum absolute atomic E-state index is 0. The van der Waals surface area contributed by atoms with Gasteiger partial charge in [-0.05, 0) is 133 Å². The molecule has 0 unspecified atom stereocenters. The number of carboxylic acid groups (broad SMARTS) is 4. The zero-order valence-corrected chi connectivity index (χ0v) is 70.2. The van der Waals surface area contributed by atoms with Crippen LogP contribution in [-0.2, 0) is 95.4 Å². The summed E-state index contributed by atoms with van der Waals surface area (Å²) in [5.74, 6) is -7.52. The van der Waals surface area contributed by atoms with Crippen molar-refractivity contribution >= 4 is 82.3 Å². The van der Waals surface area contributed by atoms with Gasteiger partial charge in [-0.1, -0.05) is 84.0 Å². The lowest BCUT2D eigenvalue weighted by atomic mass is 9.87. The van der Waals surface area contributed by atoms with Gasteiger partial charge in [0.15, 0.2) is 11.6 Å². The lowest BCUT2D eigenvalue weighted by molar-refractivity contribution is -0.145. The molecule has 0 fully saturated rings. The zero-order chi connectivity index (χ0) is 87.1. The van der Waals surface area contributed by atoms with E-state index in [9.17, 15) is 77.3 Å². The molecule has 0 aliphatic rings. The standard InChI is InChI=1S/C86H135N5O28.2H2/c1-65(23-15-17-41-87-79(98)39-33-70(85(106)107)59-73(95)62-115-55-51-111-46-22-27-72(94)61-114-56-53-112-49-43-89-78(97)28-14-10-6-4-8-12-20-48-119-75-36-31-68(32-37-75)84(104)105)77(96)60-69(66(2)92)24-16-18-42-88-80(99)40-38-76(86(108)109)91-82(101)64-117-58-54-113-50-44-90-81(100)63-116-57-52-110-45-21-26-71(93)25-13-9-5-3-7-11-19-47-118-74-34-29-67(30-35-74)83(102)103;;/h29-32,34-37,65,69-70,76H,3-28,33,38-64H2,1-2H3,(H,87,98)(H,88,99)(H,89,97)(H,90,100)(H,91,101)(H,102,103)(H,104,105)(H,106,107)(H,108,109);2*1H/t65-,69+,70+,76-;;/m0../s1. The van der Waals surface area contributed by atoms with E-state index in [4.69, 9.17) is 57.6 Å². The van der Waals surface area contributed by atoms with Gasteiger partial charge in [0.1, 0.15) is 61.3 Å². The summed E-state index contributed by atoms with van der Waals surface area (Å²) in [6, 6.07) is 11.4. The lowest BCUT2D eigenvalue weighted by Crippen LogP contribution is -2.43. The number of ketones is 5. The van der Waals surface area contributed by atoms with Crippen LogP contribution in [0.25, 0.3) is 0 Å². The van der Waals surface area contributed by atoms with E-state index < -0.39 is 66.0 Å². The lowest BCUT2D eigenvalue weighted by Gasteiger charge is -2.17. The van der Waals surface area contributed by atoms with E-state index in [1.54, 1.807) is 31.2 Å². The number of hydrogen-bond acceptors (Lipinski definition) is 24. The van der Waals surface area contributed by atoms with Crippen molar-refractivity contribution in [1.82, 2.24) is 26.6 Å². The molecule has 0 saturated carbocycles. The van der Waals surface area contributed by atoms with Crippen LogP contribution in [0, 0.1) is 17.8 Å². The molecule has 2 rings (SSSR count). The van der Waals surface area contributed by atoms with Gasteiger partial charge in [0.2, 0.25) is 29.5 Å². The van der Waals surface area contributed by atoms with E-state index in [1.165, 1.54) is 31.2 Å². The molecule has 676 valence electrons. The summed E-state index contributed by atoms with van der Waals surface area (Å²) in [6.45, 7) is 6.94. The number of hydrogen-bond donors (Lipinski definition) is 9. The Labute approximate surface area is 703 Å². The third kappa shape index (κ3) is 61.3. The number of aromatic carboxylic acids is 2. The molecule has 0 aliphatic carbocycles. The summed E-state index contributed by atoms with van der Waals surface area (Å²) in [5.41, 5.74) is 0.451. The number of rotatable bonds is 83. The number of aliphatic carboxylic acids is 2. The van der Waals surface area contributed by atoms with Crippen molar-refractivity contribution in [1.29, 1.82) is 0 Å². The second-order valence-electron chi connectivity index (χ2n) is 29.3. The fraction of sp³-hybridized carbons (Fsp3) is 0.698. The second kappa shape index (κ2) is 71.1. The molecule has 33 heteroatoms. The number of carbonyl (C=O) groups excluding carboxylic acids is 10. The first-order valence-corrected chi connectivity index (χ1v) is 42.4. The molecular formula is C86H139N5O28. The fourth-order valence-electron chi connectivity index (χ4n) is 12.0. The monoisotopic (exact) mass is 1690 g/mol. The van der Waals surface area contributed by atoms with Crippen LogP contribution in [-0.4, -0.2) is 254 Å². The number of ether oxygens (including phenoxy) is 10. The highest BCUT2D eigenvalue weighted by atomic mass is 16.5. The maximum atomic E-state index is 13.1. The van der Waals surface area contributed by atoms with Crippen molar-refractivity contribution in [2.75, 3.05) is 145 Å². The molecule has 0 bridgehead atoms. The van der Waals surface area contributed by atoms with Crippen molar-refractivity contribution in [3.05, 3.63) is 59.7 Å². The van der Waals surface area contributed by atoms with E-state index in [-0.39, 0.29) is 205 Å². The van der Waals surface area contributed by atoms with E-state index >= 15 is 0 Å². The Morgan fingerprint density at radius 2 is 0.714 bits per heavy atom. The van der Waals surface area contributed by atoms with Crippen molar-refractivity contribution < 1.29 is 138 Å². The van der Waals surface area contributed by atoms with E-state index in [0.29, 0.717) is 122 Å². The highest BCUT2D eigenvalue weighted by Gasteiger charge is 2.25. The summed E-state index contributed by atoms with van der Waals surface area (Å²) in [5, 5.41) is 50.7. The average Bonchev–Trinajstić information content (AvgIpc) is 0.889. The summed E-state index contributed by atoms with van der Waals surface area (Å²) >= 11 is 0. The number of nitrogens with one attached hydrogen (secondary N) is 5. The molecule has 0 heterocycles. The number of amides is 5. The van der Waals surface area contributed by atoms with E-state index in [0.717, 1.165) is 89.9 Å². The quantitative estimate of drug-likeness (QED) is 0.0278. The molecule has 4 atom stereocenters. The minimum Gasteiger partial charge on any atom is -0.494 e. The Morgan fingerprint density at radius 3 is 1.20 bits per heavy atom. The molecule has 0 radical (unpaired) electrons. The highest BCUT2D eigenvalue weighted by molar-refractivity contribution is 5.90. The van der Waals surface area contributed by atoms with Gasteiger partial charge in [-0.3, -0.25) is 52.7 Å². The normalized spacial score (nSPS) is 12.2. The first kappa shape index (κ1) is 106. The topological polar surface area (TPSA) is 472 Å². The Morgan fingerprint density at radius 1 is 0.319 bits per heavy atom. The number of carbonyl (C=O) groups is 14. The predicted octanol–water partition coefficient (Wildman–Crippen LogP) is 9.50. The van der Waals surface area contributed by atoms with Crippen LogP contribution in [0.2, 0.25) is 0 Å². The average molecular weight is 1690 g/mol. The van der Waals surface area contributed by atoms with Gasteiger partial charge >= 0.3 is 23.9 Å². The van der Waals surface area contributed by atoms with Crippen molar-refractivity contribution in [2.24, 2.45) is 17.8 Å². The first-order valence-electron chi connectivity index (χ1n) is 42.4. The van der Waals surface area contributed by atoms with Gasteiger partial charge in [-0.25, -0.2) is 14.4 Å². The van der Waals surface area contributed by atoms with Crippen LogP contribution >= 0.6 is 0 Å². The molecule has 119 heavy (non-hydrogen) atoms. The van der Waals surface area contributed by atoms with Gasteiger partial charge in [-0.2, -0.15) is 0 Å². The molecular weight excluding hydrogens is 1550 g/mol. The molecule has 0 spiro atoms. The summed E-state index contributed by atoms with van der Waals surface area (Å²) in [7, 11) is 0. The smallest absolute Gasteiger partial charge is 0.335 e. The van der Waals surface area contributed by atoms with Gasteiger partial charge in [0.25, 0.3) is 0 Å². The highest BCUT2D eigenvalue weighted by Crippen LogP contribution is 2.22. The SMILES string of the molecule is CC(=O)[C@H](CCCCNC(=O)CC[C@H](NC(=O)COCCOCCNC(=O)COCCOCCCC(=O)CCCCCCCCCOc1ccc(C(=O)O)cc1)C(=O)O)CC(=O)[C@@H](C)CCCCNC(=O)CC[C@H](CC(=O)COCCOCCCC(=O)COCCOCCNC(=O)CCCCCCCCCOc1ccc(C(=O)O)cc1)C(=O)O.[HH].[HH]. The Kier molecular flexibility index (Phi) is 63.5. The van der Waals surface area contributed by atoms with Crippen LogP contribution < -0.4 is 36.1 Å². The number of benzene rings is 2. The Balaban J connectivity index is 0.0000720. The maximum Gasteiger partial charge on any atom is 0.335 e. The molecule has 0 saturated heterocycles. The third-order valence-corrected chi connectivity index (χ3v) is 19.1. The molecule has 2 aromatic carbocycles. The summed E-state index contributed by atoms with van der Waals surface area (Å²) in [4.78, 5) is 170. The molecule has 0 aliphatic heterocycles. The van der Waals surface area contributed by atoms with Gasteiger partial charge < -0.3 is 94.4 Å². The van der Waals surface area contributed by atoms with Gasteiger partial charge in [0.05, 0.1) is 96.3 Å².